The lowest BCUT2D eigenvalue weighted by Gasteiger charge is -2.30. The minimum atomic E-state index is 0.322. The number of rotatable bonds is 4. The molecule has 0 spiro atoms. The second-order valence-electron chi connectivity index (χ2n) is 5.79. The summed E-state index contributed by atoms with van der Waals surface area (Å²) < 4.78 is 5.69. The Bertz CT molecular complexity index is 322. The molecular formula is C14H25NO. The Morgan fingerprint density at radius 1 is 1.31 bits per heavy atom. The van der Waals surface area contributed by atoms with E-state index in [9.17, 15) is 0 Å². The minimum absolute atomic E-state index is 0.322. The van der Waals surface area contributed by atoms with Crippen molar-refractivity contribution >= 4 is 0 Å². The molecule has 0 aliphatic rings. The first-order valence-electron chi connectivity index (χ1n) is 6.08. The first-order valence-corrected chi connectivity index (χ1v) is 6.08. The van der Waals surface area contributed by atoms with Crippen molar-refractivity contribution in [3.63, 3.8) is 0 Å². The van der Waals surface area contributed by atoms with Crippen LogP contribution in [0.4, 0.5) is 0 Å². The standard InChI is InChI=1S/C14H25NO/c1-10(14(3,4)5)9-12(15-6)13-8-7-11(2)16-13/h7-8,10,12,15H,9H2,1-6H3. The smallest absolute Gasteiger partial charge is 0.121 e. The lowest BCUT2D eigenvalue weighted by atomic mass is 9.78. The summed E-state index contributed by atoms with van der Waals surface area (Å²) in [7, 11) is 2.00. The lowest BCUT2D eigenvalue weighted by Crippen LogP contribution is -2.25. The van der Waals surface area contributed by atoms with Gasteiger partial charge in [-0.1, -0.05) is 27.7 Å². The molecular weight excluding hydrogens is 198 g/mol. The largest absolute Gasteiger partial charge is 0.465 e. The maximum atomic E-state index is 5.69. The number of hydrogen-bond acceptors (Lipinski definition) is 2. The average Bonchev–Trinajstić information content (AvgIpc) is 2.59. The van der Waals surface area contributed by atoms with Crippen molar-refractivity contribution in [2.45, 2.75) is 47.1 Å². The normalized spacial score (nSPS) is 16.1. The fraction of sp³-hybridized carbons (Fsp3) is 0.714. The summed E-state index contributed by atoms with van der Waals surface area (Å²) in [5.74, 6) is 2.69. The maximum absolute atomic E-state index is 5.69. The van der Waals surface area contributed by atoms with Crippen molar-refractivity contribution in [1.82, 2.24) is 5.32 Å². The van der Waals surface area contributed by atoms with Gasteiger partial charge in [-0.05, 0) is 43.9 Å². The Morgan fingerprint density at radius 3 is 2.31 bits per heavy atom. The third kappa shape index (κ3) is 3.38. The van der Waals surface area contributed by atoms with Crippen LogP contribution in [0.3, 0.4) is 0 Å². The van der Waals surface area contributed by atoms with E-state index in [1.807, 2.05) is 20.0 Å². The van der Waals surface area contributed by atoms with Crippen LogP contribution in [0.25, 0.3) is 0 Å². The van der Waals surface area contributed by atoms with Crippen LogP contribution in [-0.4, -0.2) is 7.05 Å². The zero-order chi connectivity index (χ0) is 12.3. The van der Waals surface area contributed by atoms with Crippen molar-refractivity contribution in [2.24, 2.45) is 11.3 Å². The van der Waals surface area contributed by atoms with E-state index in [1.165, 1.54) is 0 Å². The van der Waals surface area contributed by atoms with Crippen LogP contribution in [0.1, 0.15) is 51.7 Å². The monoisotopic (exact) mass is 223 g/mol. The van der Waals surface area contributed by atoms with E-state index in [-0.39, 0.29) is 0 Å². The minimum Gasteiger partial charge on any atom is -0.465 e. The fourth-order valence-corrected chi connectivity index (χ4v) is 1.72. The topological polar surface area (TPSA) is 25.2 Å². The summed E-state index contributed by atoms with van der Waals surface area (Å²) in [5.41, 5.74) is 0.344. The molecule has 0 saturated carbocycles. The highest BCUT2D eigenvalue weighted by atomic mass is 16.3. The van der Waals surface area contributed by atoms with Crippen LogP contribution < -0.4 is 5.32 Å². The number of nitrogens with one attached hydrogen (secondary N) is 1. The molecule has 16 heavy (non-hydrogen) atoms. The van der Waals surface area contributed by atoms with Gasteiger partial charge in [0.25, 0.3) is 0 Å². The van der Waals surface area contributed by atoms with Crippen molar-refractivity contribution in [3.8, 4) is 0 Å². The third-order valence-corrected chi connectivity index (χ3v) is 3.52. The molecule has 1 N–H and O–H groups in total. The summed E-state index contributed by atoms with van der Waals surface area (Å²) in [5, 5.41) is 3.34. The highest BCUT2D eigenvalue weighted by Gasteiger charge is 2.24. The zero-order valence-corrected chi connectivity index (χ0v) is 11.4. The van der Waals surface area contributed by atoms with Gasteiger partial charge in [0.05, 0.1) is 6.04 Å². The predicted octanol–water partition coefficient (Wildman–Crippen LogP) is 3.92. The van der Waals surface area contributed by atoms with Crippen LogP contribution >= 0.6 is 0 Å². The van der Waals surface area contributed by atoms with Crippen LogP contribution in [0.5, 0.6) is 0 Å². The van der Waals surface area contributed by atoms with Crippen molar-refractivity contribution in [3.05, 3.63) is 23.7 Å². The van der Waals surface area contributed by atoms with E-state index in [0.29, 0.717) is 17.4 Å². The van der Waals surface area contributed by atoms with Gasteiger partial charge in [0.2, 0.25) is 0 Å². The van der Waals surface area contributed by atoms with Gasteiger partial charge < -0.3 is 9.73 Å². The Kier molecular flexibility index (Phi) is 4.20. The molecule has 2 unspecified atom stereocenters. The Hall–Kier alpha value is -0.760. The van der Waals surface area contributed by atoms with E-state index in [1.54, 1.807) is 0 Å². The average molecular weight is 223 g/mol. The van der Waals surface area contributed by atoms with Crippen molar-refractivity contribution in [1.29, 1.82) is 0 Å². The lowest BCUT2D eigenvalue weighted by molar-refractivity contribution is 0.217. The highest BCUT2D eigenvalue weighted by molar-refractivity contribution is 5.09. The van der Waals surface area contributed by atoms with E-state index in [2.05, 4.69) is 39.1 Å². The predicted molar refractivity (Wildman–Crippen MR) is 68.5 cm³/mol. The molecule has 1 aromatic heterocycles. The molecule has 1 heterocycles. The molecule has 92 valence electrons. The zero-order valence-electron chi connectivity index (χ0n) is 11.4. The Balaban J connectivity index is 2.70. The first kappa shape index (κ1) is 13.3. The van der Waals surface area contributed by atoms with Gasteiger partial charge in [0, 0.05) is 0 Å². The number of furan rings is 1. The van der Waals surface area contributed by atoms with Crippen LogP contribution in [0, 0.1) is 18.3 Å². The Labute approximate surface area is 99.4 Å². The summed E-state index contributed by atoms with van der Waals surface area (Å²) in [6, 6.07) is 4.43. The van der Waals surface area contributed by atoms with Crippen LogP contribution in [0.15, 0.2) is 16.5 Å². The fourth-order valence-electron chi connectivity index (χ4n) is 1.72. The first-order chi connectivity index (χ1) is 7.34. The molecule has 0 aliphatic carbocycles. The molecule has 2 atom stereocenters. The van der Waals surface area contributed by atoms with Crippen LogP contribution in [-0.2, 0) is 0 Å². The van der Waals surface area contributed by atoms with Crippen LogP contribution in [0.2, 0.25) is 0 Å². The maximum Gasteiger partial charge on any atom is 0.121 e. The molecule has 2 heteroatoms. The van der Waals surface area contributed by atoms with E-state index in [4.69, 9.17) is 4.42 Å². The van der Waals surface area contributed by atoms with Gasteiger partial charge in [-0.25, -0.2) is 0 Å². The molecule has 2 nitrogen and oxygen atoms in total. The summed E-state index contributed by atoms with van der Waals surface area (Å²) in [4.78, 5) is 0. The molecule has 0 amide bonds. The number of aryl methyl sites for hydroxylation is 1. The van der Waals surface area contributed by atoms with Crippen molar-refractivity contribution in [2.75, 3.05) is 7.05 Å². The summed E-state index contributed by atoms with van der Waals surface area (Å²) >= 11 is 0. The van der Waals surface area contributed by atoms with Gasteiger partial charge in [0.1, 0.15) is 11.5 Å². The molecule has 0 saturated heterocycles. The SMILES string of the molecule is CNC(CC(C)C(C)(C)C)c1ccc(C)o1. The third-order valence-electron chi connectivity index (χ3n) is 3.52. The molecule has 0 aromatic carbocycles. The second kappa shape index (κ2) is 5.05. The molecule has 1 aromatic rings. The van der Waals surface area contributed by atoms with E-state index in [0.717, 1.165) is 17.9 Å². The van der Waals surface area contributed by atoms with Gasteiger partial charge in [-0.3, -0.25) is 0 Å². The number of hydrogen-bond donors (Lipinski definition) is 1. The van der Waals surface area contributed by atoms with E-state index >= 15 is 0 Å². The molecule has 0 fully saturated rings. The summed E-state index contributed by atoms with van der Waals surface area (Å²) in [6.07, 6.45) is 1.10. The Morgan fingerprint density at radius 2 is 1.94 bits per heavy atom. The van der Waals surface area contributed by atoms with E-state index < -0.39 is 0 Å². The van der Waals surface area contributed by atoms with Gasteiger partial charge in [-0.2, -0.15) is 0 Å². The molecule has 1 rings (SSSR count). The molecule has 0 aliphatic heterocycles. The molecule has 0 radical (unpaired) electrons. The van der Waals surface area contributed by atoms with Gasteiger partial charge in [0.15, 0.2) is 0 Å². The highest BCUT2D eigenvalue weighted by Crippen LogP contribution is 2.33. The van der Waals surface area contributed by atoms with Gasteiger partial charge >= 0.3 is 0 Å². The van der Waals surface area contributed by atoms with Gasteiger partial charge in [-0.15, -0.1) is 0 Å². The van der Waals surface area contributed by atoms with Crippen molar-refractivity contribution < 1.29 is 4.42 Å². The summed E-state index contributed by atoms with van der Waals surface area (Å²) in [6.45, 7) is 11.2. The second-order valence-corrected chi connectivity index (χ2v) is 5.79. The molecule has 0 bridgehead atoms. The quantitative estimate of drug-likeness (QED) is 0.837.